The molecule has 0 amide bonds. The van der Waals surface area contributed by atoms with Gasteiger partial charge in [-0.3, -0.25) is 0 Å². The Morgan fingerprint density at radius 3 is 2.31 bits per heavy atom. The van der Waals surface area contributed by atoms with E-state index in [9.17, 15) is 4.21 Å². The summed E-state index contributed by atoms with van der Waals surface area (Å²) in [7, 11) is 0. The van der Waals surface area contributed by atoms with Gasteiger partial charge in [0.05, 0.1) is 6.10 Å². The van der Waals surface area contributed by atoms with Crippen LogP contribution < -0.4 is 0 Å². The van der Waals surface area contributed by atoms with Crippen molar-refractivity contribution in [1.29, 1.82) is 0 Å². The quantitative estimate of drug-likeness (QED) is 0.627. The third-order valence-corrected chi connectivity index (χ3v) is 2.69. The van der Waals surface area contributed by atoms with Gasteiger partial charge >= 0.3 is 0 Å². The van der Waals surface area contributed by atoms with E-state index in [1.165, 1.54) is 0 Å². The highest BCUT2D eigenvalue weighted by Gasteiger charge is 2.04. The Bertz CT molecular complexity index is 148. The van der Waals surface area contributed by atoms with E-state index in [2.05, 4.69) is 6.92 Å². The highest BCUT2D eigenvalue weighted by atomic mass is 32.2. The third-order valence-electron chi connectivity index (χ3n) is 2.10. The maximum Gasteiger partial charge on any atom is 0.152 e. The summed E-state index contributed by atoms with van der Waals surface area (Å²) in [6.45, 7) is 3.86. The van der Waals surface area contributed by atoms with Crippen LogP contribution in [0.2, 0.25) is 0 Å². The normalized spacial score (nSPS) is 18.2. The molecular formula is C9H20O3S. The molecule has 3 atom stereocenters. The number of aliphatic hydroxyl groups is 1. The van der Waals surface area contributed by atoms with Gasteiger partial charge in [0.2, 0.25) is 0 Å². The van der Waals surface area contributed by atoms with Gasteiger partial charge in [-0.1, -0.05) is 19.8 Å². The molecule has 0 saturated carbocycles. The second-order valence-corrected chi connectivity index (χ2v) is 4.75. The van der Waals surface area contributed by atoms with Crippen LogP contribution in [-0.2, 0) is 11.1 Å². The maximum atomic E-state index is 10.4. The molecule has 0 aromatic heterocycles. The van der Waals surface area contributed by atoms with E-state index in [-0.39, 0.29) is 6.10 Å². The fourth-order valence-electron chi connectivity index (χ4n) is 1.21. The molecule has 0 saturated heterocycles. The standard InChI is InChI=1S/C9H20O3S/c1-8(6-7-13(11)12)4-3-5-9(2)10/h8-10H,3-7H2,1-2H3,(H,11,12). The van der Waals surface area contributed by atoms with Crippen LogP contribution in [0.4, 0.5) is 0 Å². The van der Waals surface area contributed by atoms with E-state index < -0.39 is 11.1 Å². The van der Waals surface area contributed by atoms with Gasteiger partial charge in [-0.2, -0.15) is 0 Å². The van der Waals surface area contributed by atoms with Gasteiger partial charge in [-0.05, 0) is 25.7 Å². The first-order valence-electron chi connectivity index (χ1n) is 4.78. The molecule has 0 aliphatic carbocycles. The van der Waals surface area contributed by atoms with Crippen LogP contribution in [0, 0.1) is 5.92 Å². The number of rotatable bonds is 7. The Kier molecular flexibility index (Phi) is 7.51. The molecule has 0 bridgehead atoms. The molecule has 2 N–H and O–H groups in total. The van der Waals surface area contributed by atoms with Gasteiger partial charge in [0.15, 0.2) is 11.1 Å². The van der Waals surface area contributed by atoms with Gasteiger partial charge in [-0.15, -0.1) is 0 Å². The van der Waals surface area contributed by atoms with E-state index in [0.717, 1.165) is 25.7 Å². The topological polar surface area (TPSA) is 57.5 Å². The van der Waals surface area contributed by atoms with Crippen LogP contribution in [0.15, 0.2) is 0 Å². The van der Waals surface area contributed by atoms with Crippen molar-refractivity contribution in [3.63, 3.8) is 0 Å². The summed E-state index contributed by atoms with van der Waals surface area (Å²) in [5.74, 6) is 0.852. The first-order chi connectivity index (χ1) is 6.02. The molecule has 0 aromatic rings. The van der Waals surface area contributed by atoms with Gasteiger partial charge in [-0.25, -0.2) is 4.21 Å². The van der Waals surface area contributed by atoms with Crippen molar-refractivity contribution in [2.75, 3.05) is 5.75 Å². The molecule has 0 spiro atoms. The zero-order valence-corrected chi connectivity index (χ0v) is 9.22. The summed E-state index contributed by atoms with van der Waals surface area (Å²) in [6.07, 6.45) is 3.42. The van der Waals surface area contributed by atoms with Crippen molar-refractivity contribution in [2.24, 2.45) is 5.92 Å². The first-order valence-corrected chi connectivity index (χ1v) is 6.05. The molecule has 0 aromatic carbocycles. The monoisotopic (exact) mass is 208 g/mol. The maximum absolute atomic E-state index is 10.4. The number of hydrogen-bond donors (Lipinski definition) is 2. The van der Waals surface area contributed by atoms with Crippen LogP contribution in [-0.4, -0.2) is 25.7 Å². The highest BCUT2D eigenvalue weighted by Crippen LogP contribution is 2.13. The van der Waals surface area contributed by atoms with Crippen LogP contribution in [0.25, 0.3) is 0 Å². The minimum Gasteiger partial charge on any atom is -0.393 e. The summed E-state index contributed by atoms with van der Waals surface area (Å²) in [4.78, 5) is 0. The first kappa shape index (κ1) is 13.1. The molecule has 0 rings (SSSR count). The van der Waals surface area contributed by atoms with E-state index >= 15 is 0 Å². The van der Waals surface area contributed by atoms with Crippen molar-refractivity contribution >= 4 is 11.1 Å². The second kappa shape index (κ2) is 7.47. The molecule has 4 heteroatoms. The molecule has 0 aliphatic heterocycles. The average molecular weight is 208 g/mol. The van der Waals surface area contributed by atoms with Crippen LogP contribution in [0.3, 0.4) is 0 Å². The summed E-state index contributed by atoms with van der Waals surface area (Å²) < 4.78 is 18.9. The fourth-order valence-corrected chi connectivity index (χ4v) is 1.81. The SMILES string of the molecule is CC(O)CCCC(C)CCS(=O)O. The molecule has 13 heavy (non-hydrogen) atoms. The van der Waals surface area contributed by atoms with E-state index in [1.807, 2.05) is 0 Å². The summed E-state index contributed by atoms with van der Waals surface area (Å²) in [5, 5.41) is 8.99. The predicted octanol–water partition coefficient (Wildman–Crippen LogP) is 1.79. The fraction of sp³-hybridized carbons (Fsp3) is 1.00. The molecule has 3 nitrogen and oxygen atoms in total. The van der Waals surface area contributed by atoms with E-state index in [1.54, 1.807) is 6.92 Å². The van der Waals surface area contributed by atoms with Gasteiger partial charge < -0.3 is 9.66 Å². The minimum absolute atomic E-state index is 0.223. The van der Waals surface area contributed by atoms with Crippen LogP contribution in [0.1, 0.15) is 39.5 Å². The lowest BCUT2D eigenvalue weighted by Crippen LogP contribution is -2.05. The lowest BCUT2D eigenvalue weighted by Gasteiger charge is -2.10. The van der Waals surface area contributed by atoms with Crippen molar-refractivity contribution < 1.29 is 13.9 Å². The van der Waals surface area contributed by atoms with Crippen molar-refractivity contribution in [2.45, 2.75) is 45.6 Å². The minimum atomic E-state index is -1.65. The summed E-state index contributed by atoms with van der Waals surface area (Å²) >= 11 is -1.65. The second-order valence-electron chi connectivity index (χ2n) is 3.70. The molecule has 0 aliphatic rings. The zero-order valence-electron chi connectivity index (χ0n) is 8.40. The van der Waals surface area contributed by atoms with Crippen molar-refractivity contribution in [1.82, 2.24) is 0 Å². The third kappa shape index (κ3) is 9.99. The molecule has 0 fully saturated rings. The van der Waals surface area contributed by atoms with Gasteiger partial charge in [0.25, 0.3) is 0 Å². The van der Waals surface area contributed by atoms with E-state index in [4.69, 9.17) is 9.66 Å². The lowest BCUT2D eigenvalue weighted by atomic mass is 10.0. The van der Waals surface area contributed by atoms with Crippen molar-refractivity contribution in [3.05, 3.63) is 0 Å². The molecule has 80 valence electrons. The smallest absolute Gasteiger partial charge is 0.152 e. The molecule has 0 heterocycles. The lowest BCUT2D eigenvalue weighted by molar-refractivity contribution is 0.178. The molecule has 0 radical (unpaired) electrons. The Balaban J connectivity index is 3.30. The zero-order chi connectivity index (χ0) is 10.3. The van der Waals surface area contributed by atoms with Crippen molar-refractivity contribution in [3.8, 4) is 0 Å². The Morgan fingerprint density at radius 1 is 1.23 bits per heavy atom. The molecular weight excluding hydrogens is 188 g/mol. The molecule has 3 unspecified atom stereocenters. The average Bonchev–Trinajstić information content (AvgIpc) is 2.00. The van der Waals surface area contributed by atoms with Crippen LogP contribution >= 0.6 is 0 Å². The van der Waals surface area contributed by atoms with Gasteiger partial charge in [0.1, 0.15) is 0 Å². The number of aliphatic hydroxyl groups excluding tert-OH is 1. The van der Waals surface area contributed by atoms with Gasteiger partial charge in [0, 0.05) is 5.75 Å². The Hall–Kier alpha value is 0.0700. The van der Waals surface area contributed by atoms with E-state index in [0.29, 0.717) is 11.7 Å². The predicted molar refractivity (Wildman–Crippen MR) is 55.0 cm³/mol. The summed E-state index contributed by atoms with van der Waals surface area (Å²) in [6, 6.07) is 0. The van der Waals surface area contributed by atoms with Crippen LogP contribution in [0.5, 0.6) is 0 Å². The summed E-state index contributed by atoms with van der Waals surface area (Å²) in [5.41, 5.74) is 0. The Morgan fingerprint density at radius 2 is 1.85 bits per heavy atom. The Labute approximate surface area is 82.8 Å². The number of hydrogen-bond acceptors (Lipinski definition) is 2. The highest BCUT2D eigenvalue weighted by molar-refractivity contribution is 7.79. The largest absolute Gasteiger partial charge is 0.393 e.